The Kier molecular flexibility index (Phi) is 4.22. The van der Waals surface area contributed by atoms with Gasteiger partial charge in [0.25, 0.3) is 0 Å². The molecule has 0 bridgehead atoms. The summed E-state index contributed by atoms with van der Waals surface area (Å²) in [5.41, 5.74) is 7.61. The molecule has 0 unspecified atom stereocenters. The predicted molar refractivity (Wildman–Crippen MR) is 92.9 cm³/mol. The Morgan fingerprint density at radius 2 is 1.68 bits per heavy atom. The number of carbonyl (C=O) groups is 1. The molecule has 1 heterocycles. The first-order valence-corrected chi connectivity index (χ1v) is 7.81. The van der Waals surface area contributed by atoms with Gasteiger partial charge in [-0.3, -0.25) is 4.79 Å². The van der Waals surface area contributed by atoms with Crippen molar-refractivity contribution in [2.45, 2.75) is 26.2 Å². The van der Waals surface area contributed by atoms with Gasteiger partial charge in [-0.1, -0.05) is 38.0 Å². The average molecular weight is 337 g/mol. The zero-order chi connectivity index (χ0) is 18.0. The lowest BCUT2D eigenvalue weighted by Gasteiger charge is -2.19. The molecule has 25 heavy (non-hydrogen) atoms. The number of hydrogen-bond donors (Lipinski definition) is 1. The molecule has 7 heteroatoms. The molecule has 1 aromatic heterocycles. The van der Waals surface area contributed by atoms with Gasteiger partial charge in [-0.05, 0) is 57.8 Å². The predicted octanol–water partition coefficient (Wildman–Crippen LogP) is 2.85. The lowest BCUT2D eigenvalue weighted by atomic mass is 9.87. The third-order valence-corrected chi connectivity index (χ3v) is 3.77. The van der Waals surface area contributed by atoms with Gasteiger partial charge in [0.05, 0.1) is 5.69 Å². The minimum absolute atomic E-state index is 0.0717. The number of amides is 1. The van der Waals surface area contributed by atoms with Gasteiger partial charge in [0.1, 0.15) is 5.75 Å². The molecule has 0 saturated heterocycles. The standard InChI is InChI=1S/C18H19N5O2/c1-18(2,3)13-6-10-15(11-7-13)25-17-20-21-22-23(17)14-8-4-12(5-9-14)16(19)24/h4-11H,1-3H3,(H2,19,24). The van der Waals surface area contributed by atoms with E-state index in [0.717, 1.165) is 0 Å². The third-order valence-electron chi connectivity index (χ3n) is 3.77. The van der Waals surface area contributed by atoms with E-state index in [1.165, 1.54) is 10.2 Å². The van der Waals surface area contributed by atoms with Gasteiger partial charge in [0, 0.05) is 5.56 Å². The van der Waals surface area contributed by atoms with E-state index in [1.807, 2.05) is 24.3 Å². The molecule has 0 aliphatic heterocycles. The second-order valence-electron chi connectivity index (χ2n) is 6.66. The van der Waals surface area contributed by atoms with Crippen molar-refractivity contribution in [2.24, 2.45) is 5.73 Å². The Hall–Kier alpha value is -3.22. The van der Waals surface area contributed by atoms with Crippen LogP contribution in [-0.2, 0) is 5.41 Å². The topological polar surface area (TPSA) is 95.9 Å². The van der Waals surface area contributed by atoms with Crippen LogP contribution in [0.15, 0.2) is 48.5 Å². The Balaban J connectivity index is 1.83. The first-order valence-electron chi connectivity index (χ1n) is 7.81. The van der Waals surface area contributed by atoms with Crippen molar-refractivity contribution in [3.8, 4) is 17.4 Å². The third kappa shape index (κ3) is 3.65. The number of primary amides is 1. The van der Waals surface area contributed by atoms with E-state index in [1.54, 1.807) is 24.3 Å². The van der Waals surface area contributed by atoms with Crippen molar-refractivity contribution in [1.82, 2.24) is 20.2 Å². The summed E-state index contributed by atoms with van der Waals surface area (Å²) in [6.45, 7) is 6.46. The lowest BCUT2D eigenvalue weighted by Crippen LogP contribution is -2.11. The highest BCUT2D eigenvalue weighted by Crippen LogP contribution is 2.26. The van der Waals surface area contributed by atoms with Gasteiger partial charge < -0.3 is 10.5 Å². The van der Waals surface area contributed by atoms with Crippen LogP contribution < -0.4 is 10.5 Å². The van der Waals surface area contributed by atoms with Crippen molar-refractivity contribution in [1.29, 1.82) is 0 Å². The fourth-order valence-corrected chi connectivity index (χ4v) is 2.30. The fourth-order valence-electron chi connectivity index (χ4n) is 2.30. The Labute approximate surface area is 145 Å². The molecule has 0 spiro atoms. The summed E-state index contributed by atoms with van der Waals surface area (Å²) in [6, 6.07) is 14.7. The molecule has 3 aromatic rings. The van der Waals surface area contributed by atoms with Gasteiger partial charge in [-0.25, -0.2) is 0 Å². The Morgan fingerprint density at radius 1 is 1.04 bits per heavy atom. The summed E-state index contributed by atoms with van der Waals surface area (Å²) in [4.78, 5) is 11.2. The molecule has 2 aromatic carbocycles. The molecule has 1 amide bonds. The van der Waals surface area contributed by atoms with E-state index in [2.05, 4.69) is 36.3 Å². The van der Waals surface area contributed by atoms with Crippen LogP contribution in [0, 0.1) is 0 Å². The lowest BCUT2D eigenvalue weighted by molar-refractivity contribution is 0.100. The van der Waals surface area contributed by atoms with Crippen LogP contribution in [0.4, 0.5) is 0 Å². The van der Waals surface area contributed by atoms with E-state index < -0.39 is 5.91 Å². The number of rotatable bonds is 4. The fraction of sp³-hybridized carbons (Fsp3) is 0.222. The first kappa shape index (κ1) is 16.6. The van der Waals surface area contributed by atoms with E-state index in [9.17, 15) is 4.79 Å². The number of aromatic nitrogens is 4. The quantitative estimate of drug-likeness (QED) is 0.789. The summed E-state index contributed by atoms with van der Waals surface area (Å²) < 4.78 is 7.23. The average Bonchev–Trinajstić information content (AvgIpc) is 3.02. The molecule has 0 fully saturated rings. The highest BCUT2D eigenvalue weighted by Gasteiger charge is 2.15. The molecule has 0 radical (unpaired) electrons. The van der Waals surface area contributed by atoms with Crippen LogP contribution in [0.3, 0.4) is 0 Å². The Bertz CT molecular complexity index is 877. The van der Waals surface area contributed by atoms with Crippen molar-refractivity contribution >= 4 is 5.91 Å². The summed E-state index contributed by atoms with van der Waals surface area (Å²) >= 11 is 0. The molecule has 0 aliphatic carbocycles. The van der Waals surface area contributed by atoms with Crippen molar-refractivity contribution in [3.63, 3.8) is 0 Å². The molecule has 0 saturated carbocycles. The van der Waals surface area contributed by atoms with Gasteiger partial charge in [-0.15, -0.1) is 0 Å². The summed E-state index contributed by atoms with van der Waals surface area (Å²) in [6.07, 6.45) is 0. The smallest absolute Gasteiger partial charge is 0.345 e. The minimum atomic E-state index is -0.487. The zero-order valence-corrected chi connectivity index (χ0v) is 14.3. The van der Waals surface area contributed by atoms with Crippen LogP contribution in [0.5, 0.6) is 11.8 Å². The maximum atomic E-state index is 11.2. The van der Waals surface area contributed by atoms with Crippen LogP contribution >= 0.6 is 0 Å². The monoisotopic (exact) mass is 337 g/mol. The van der Waals surface area contributed by atoms with Crippen LogP contribution in [0.25, 0.3) is 5.69 Å². The second-order valence-corrected chi connectivity index (χ2v) is 6.66. The SMILES string of the molecule is CC(C)(C)c1ccc(Oc2nnnn2-c2ccc(C(N)=O)cc2)cc1. The normalized spacial score (nSPS) is 11.3. The summed E-state index contributed by atoms with van der Waals surface area (Å²) in [5, 5.41) is 11.5. The molecule has 128 valence electrons. The number of hydrogen-bond acceptors (Lipinski definition) is 5. The minimum Gasteiger partial charge on any atom is -0.423 e. The van der Waals surface area contributed by atoms with E-state index in [0.29, 0.717) is 17.0 Å². The molecule has 0 atom stereocenters. The first-order chi connectivity index (χ1) is 11.8. The van der Waals surface area contributed by atoms with E-state index in [4.69, 9.17) is 10.5 Å². The largest absolute Gasteiger partial charge is 0.423 e. The highest BCUT2D eigenvalue weighted by molar-refractivity contribution is 5.92. The summed E-state index contributed by atoms with van der Waals surface area (Å²) in [5.74, 6) is 0.150. The van der Waals surface area contributed by atoms with Gasteiger partial charge >= 0.3 is 6.01 Å². The number of benzene rings is 2. The molecular formula is C18H19N5O2. The molecule has 3 rings (SSSR count). The van der Waals surface area contributed by atoms with Crippen LogP contribution in [-0.4, -0.2) is 26.1 Å². The van der Waals surface area contributed by atoms with E-state index in [-0.39, 0.29) is 11.4 Å². The maximum Gasteiger partial charge on any atom is 0.345 e. The second kappa shape index (κ2) is 6.35. The van der Waals surface area contributed by atoms with Gasteiger partial charge in [0.15, 0.2) is 0 Å². The van der Waals surface area contributed by atoms with Crippen LogP contribution in [0.2, 0.25) is 0 Å². The molecule has 2 N–H and O–H groups in total. The van der Waals surface area contributed by atoms with Gasteiger partial charge in [0.2, 0.25) is 5.91 Å². The number of tetrazole rings is 1. The maximum absolute atomic E-state index is 11.2. The number of ether oxygens (including phenoxy) is 1. The number of carbonyl (C=O) groups excluding carboxylic acids is 1. The zero-order valence-electron chi connectivity index (χ0n) is 14.3. The van der Waals surface area contributed by atoms with Crippen molar-refractivity contribution in [2.75, 3.05) is 0 Å². The van der Waals surface area contributed by atoms with E-state index >= 15 is 0 Å². The highest BCUT2D eigenvalue weighted by atomic mass is 16.5. The molecular weight excluding hydrogens is 318 g/mol. The molecule has 0 aliphatic rings. The summed E-state index contributed by atoms with van der Waals surface area (Å²) in [7, 11) is 0. The Morgan fingerprint density at radius 3 is 2.24 bits per heavy atom. The van der Waals surface area contributed by atoms with Gasteiger partial charge in [-0.2, -0.15) is 4.68 Å². The van der Waals surface area contributed by atoms with Crippen molar-refractivity contribution < 1.29 is 9.53 Å². The number of nitrogens with zero attached hydrogens (tertiary/aromatic N) is 4. The van der Waals surface area contributed by atoms with Crippen LogP contribution in [0.1, 0.15) is 36.7 Å². The van der Waals surface area contributed by atoms with Crippen molar-refractivity contribution in [3.05, 3.63) is 59.7 Å². The number of nitrogens with two attached hydrogens (primary N) is 1. The molecule has 7 nitrogen and oxygen atoms in total.